The summed E-state index contributed by atoms with van der Waals surface area (Å²) in [5, 5.41) is 2.50. The van der Waals surface area contributed by atoms with Gasteiger partial charge in [0.2, 0.25) is 5.95 Å². The van der Waals surface area contributed by atoms with Crippen LogP contribution in [0.15, 0.2) is 73.0 Å². The van der Waals surface area contributed by atoms with Crippen molar-refractivity contribution in [1.29, 1.82) is 0 Å². The number of H-pyrrole nitrogens is 2. The molecule has 0 bridgehead atoms. The first kappa shape index (κ1) is 18.3. The number of nitrogens with one attached hydrogen (secondary N) is 2. The lowest BCUT2D eigenvalue weighted by atomic mass is 10.4. The zero-order valence-electron chi connectivity index (χ0n) is 13.6. The molecule has 0 fully saturated rings. The van der Waals surface area contributed by atoms with E-state index < -0.39 is 0 Å². The molecule has 2 heterocycles. The number of fused-ring (bicyclic) bond motifs is 1. The van der Waals surface area contributed by atoms with Gasteiger partial charge in [0.05, 0.1) is 15.3 Å². The van der Waals surface area contributed by atoms with E-state index in [4.69, 9.17) is 28.9 Å². The Morgan fingerprint density at radius 3 is 2.19 bits per heavy atom. The summed E-state index contributed by atoms with van der Waals surface area (Å²) >= 11 is 15.1. The molecule has 0 aliphatic rings. The number of halogens is 2. The number of nitrogen functional groups attached to an aromatic ring is 1. The first-order chi connectivity index (χ1) is 13.0. The van der Waals surface area contributed by atoms with Gasteiger partial charge in [0, 0.05) is 19.8 Å². The summed E-state index contributed by atoms with van der Waals surface area (Å²) in [6, 6.07) is 14.9. The zero-order chi connectivity index (χ0) is 19.0. The van der Waals surface area contributed by atoms with Gasteiger partial charge in [0.1, 0.15) is 5.65 Å². The number of aromatic nitrogens is 3. The molecule has 136 valence electrons. The van der Waals surface area contributed by atoms with Crippen molar-refractivity contribution < 1.29 is 0 Å². The molecule has 0 amide bonds. The molecule has 0 radical (unpaired) electrons. The van der Waals surface area contributed by atoms with Gasteiger partial charge in [-0.15, -0.1) is 0 Å². The first-order valence-electron chi connectivity index (χ1n) is 7.78. The van der Waals surface area contributed by atoms with E-state index in [1.807, 2.05) is 42.5 Å². The molecule has 0 aliphatic carbocycles. The highest BCUT2D eigenvalue weighted by Crippen LogP contribution is 2.42. The average molecular weight is 435 g/mol. The van der Waals surface area contributed by atoms with Crippen LogP contribution in [0.3, 0.4) is 0 Å². The summed E-state index contributed by atoms with van der Waals surface area (Å²) in [6.45, 7) is 0. The van der Waals surface area contributed by atoms with Crippen molar-refractivity contribution in [1.82, 2.24) is 15.0 Å². The predicted octanol–water partition coefficient (Wildman–Crippen LogP) is 5.44. The molecule has 0 atom stereocenters. The van der Waals surface area contributed by atoms with Gasteiger partial charge in [0.25, 0.3) is 5.56 Å². The summed E-state index contributed by atoms with van der Waals surface area (Å²) in [5.41, 5.74) is 5.83. The second-order valence-corrected chi connectivity index (χ2v) is 8.62. The third-order valence-corrected chi connectivity index (χ3v) is 6.34. The molecule has 0 unspecified atom stereocenters. The fourth-order valence-corrected chi connectivity index (χ4v) is 5.21. The van der Waals surface area contributed by atoms with Crippen molar-refractivity contribution in [2.45, 2.75) is 19.7 Å². The number of aromatic amines is 2. The van der Waals surface area contributed by atoms with Crippen LogP contribution in [0.4, 0.5) is 5.95 Å². The van der Waals surface area contributed by atoms with Crippen molar-refractivity contribution in [3.8, 4) is 0 Å². The molecule has 2 aromatic carbocycles. The molecular formula is C18H12Cl2N4OS2. The van der Waals surface area contributed by atoms with Gasteiger partial charge in [-0.2, -0.15) is 4.98 Å². The maximum absolute atomic E-state index is 12.5. The van der Waals surface area contributed by atoms with E-state index >= 15 is 0 Å². The number of nitrogens with zero attached hydrogens (tertiary/aromatic N) is 1. The van der Waals surface area contributed by atoms with E-state index in [1.54, 1.807) is 6.07 Å². The Balaban J connectivity index is 1.86. The van der Waals surface area contributed by atoms with E-state index in [0.717, 1.165) is 19.7 Å². The summed E-state index contributed by atoms with van der Waals surface area (Å²) in [5.74, 6) is 0.0624. The van der Waals surface area contributed by atoms with Crippen LogP contribution in [0.5, 0.6) is 0 Å². The second kappa shape index (κ2) is 7.52. The van der Waals surface area contributed by atoms with Crippen LogP contribution in [0, 0.1) is 0 Å². The number of rotatable bonds is 4. The molecule has 0 spiro atoms. The minimum Gasteiger partial charge on any atom is -0.369 e. The fraction of sp³-hybridized carbons (Fsp3) is 0. The van der Waals surface area contributed by atoms with Crippen molar-refractivity contribution in [2.24, 2.45) is 0 Å². The molecule has 0 aliphatic heterocycles. The molecule has 9 heteroatoms. The van der Waals surface area contributed by atoms with Gasteiger partial charge in [0.15, 0.2) is 0 Å². The highest BCUT2D eigenvalue weighted by Gasteiger charge is 2.19. The van der Waals surface area contributed by atoms with Crippen LogP contribution in [-0.4, -0.2) is 15.0 Å². The minimum atomic E-state index is -0.295. The predicted molar refractivity (Wildman–Crippen MR) is 112 cm³/mol. The lowest BCUT2D eigenvalue weighted by Crippen LogP contribution is -2.10. The number of hydrogen-bond donors (Lipinski definition) is 3. The summed E-state index contributed by atoms with van der Waals surface area (Å²) in [6.07, 6.45) is 0. The standard InChI is InChI=1S/C18H12Cl2N4OS2/c19-9-3-1-5-11(7-9)26-14-13-15(23-18(21)24-16(13)25)22-17(14)27-12-6-2-4-10(20)8-12/h1-8H,(H4,21,22,23,24,25). The lowest BCUT2D eigenvalue weighted by Gasteiger charge is -2.05. The second-order valence-electron chi connectivity index (χ2n) is 5.58. The van der Waals surface area contributed by atoms with E-state index in [0.29, 0.717) is 21.1 Å². The van der Waals surface area contributed by atoms with Crippen LogP contribution in [0.25, 0.3) is 11.0 Å². The number of anilines is 1. The normalized spacial score (nSPS) is 11.2. The van der Waals surface area contributed by atoms with Crippen molar-refractivity contribution in [3.05, 3.63) is 68.9 Å². The summed E-state index contributed by atoms with van der Waals surface area (Å²) in [4.78, 5) is 25.1. The maximum atomic E-state index is 12.5. The van der Waals surface area contributed by atoms with Gasteiger partial charge in [-0.3, -0.25) is 9.78 Å². The minimum absolute atomic E-state index is 0.0624. The lowest BCUT2D eigenvalue weighted by molar-refractivity contribution is 1.12. The molecule has 4 N–H and O–H groups in total. The van der Waals surface area contributed by atoms with Crippen molar-refractivity contribution >= 4 is 63.7 Å². The smallest absolute Gasteiger partial charge is 0.262 e. The SMILES string of the molecule is Nc1nc2[nH]c(Sc3cccc(Cl)c3)c(Sc3cccc(Cl)c3)c2c(=O)[nH]1. The van der Waals surface area contributed by atoms with Crippen LogP contribution in [0.1, 0.15) is 0 Å². The summed E-state index contributed by atoms with van der Waals surface area (Å²) < 4.78 is 0. The Labute approximate surface area is 172 Å². The Bertz CT molecular complexity index is 1210. The molecule has 2 aromatic heterocycles. The van der Waals surface area contributed by atoms with Crippen LogP contribution < -0.4 is 11.3 Å². The Morgan fingerprint density at radius 2 is 1.56 bits per heavy atom. The topological polar surface area (TPSA) is 87.6 Å². The molecule has 4 rings (SSSR count). The Morgan fingerprint density at radius 1 is 0.926 bits per heavy atom. The number of hydrogen-bond acceptors (Lipinski definition) is 5. The van der Waals surface area contributed by atoms with E-state index in [-0.39, 0.29) is 11.5 Å². The zero-order valence-corrected chi connectivity index (χ0v) is 16.8. The monoisotopic (exact) mass is 434 g/mol. The van der Waals surface area contributed by atoms with Gasteiger partial charge in [-0.1, -0.05) is 58.9 Å². The Kier molecular flexibility index (Phi) is 5.10. The largest absolute Gasteiger partial charge is 0.369 e. The van der Waals surface area contributed by atoms with Gasteiger partial charge >= 0.3 is 0 Å². The highest BCUT2D eigenvalue weighted by atomic mass is 35.5. The van der Waals surface area contributed by atoms with Gasteiger partial charge < -0.3 is 10.7 Å². The third-order valence-electron chi connectivity index (χ3n) is 3.63. The number of nitrogens with two attached hydrogens (primary N) is 1. The molecule has 27 heavy (non-hydrogen) atoms. The molecule has 5 nitrogen and oxygen atoms in total. The van der Waals surface area contributed by atoms with E-state index in [2.05, 4.69) is 15.0 Å². The quantitative estimate of drug-likeness (QED) is 0.397. The molecule has 4 aromatic rings. The van der Waals surface area contributed by atoms with E-state index in [1.165, 1.54) is 23.5 Å². The van der Waals surface area contributed by atoms with Crippen molar-refractivity contribution in [2.75, 3.05) is 5.73 Å². The highest BCUT2D eigenvalue weighted by molar-refractivity contribution is 8.02. The average Bonchev–Trinajstić information content (AvgIpc) is 2.92. The van der Waals surface area contributed by atoms with Crippen LogP contribution in [-0.2, 0) is 0 Å². The molecule has 0 saturated heterocycles. The third kappa shape index (κ3) is 3.96. The molecular weight excluding hydrogens is 423 g/mol. The molecule has 0 saturated carbocycles. The summed E-state index contributed by atoms with van der Waals surface area (Å²) in [7, 11) is 0. The number of benzene rings is 2. The van der Waals surface area contributed by atoms with Gasteiger partial charge in [-0.25, -0.2) is 0 Å². The maximum Gasteiger partial charge on any atom is 0.262 e. The van der Waals surface area contributed by atoms with Crippen molar-refractivity contribution in [3.63, 3.8) is 0 Å². The van der Waals surface area contributed by atoms with Crippen LogP contribution in [0.2, 0.25) is 10.0 Å². The van der Waals surface area contributed by atoms with Gasteiger partial charge in [-0.05, 0) is 36.4 Å². The first-order valence-corrected chi connectivity index (χ1v) is 10.2. The fourth-order valence-electron chi connectivity index (χ4n) is 2.54. The Hall–Kier alpha value is -2.06. The van der Waals surface area contributed by atoms with Crippen LogP contribution >= 0.6 is 46.7 Å². The van der Waals surface area contributed by atoms with E-state index in [9.17, 15) is 4.79 Å².